The molecule has 0 aliphatic carbocycles. The molecule has 2 aromatic carbocycles. The van der Waals surface area contributed by atoms with Gasteiger partial charge in [0.2, 0.25) is 0 Å². The first kappa shape index (κ1) is 20.5. The molecule has 0 fully saturated rings. The smallest absolute Gasteiger partial charge is 0.322 e. The molecule has 3 rings (SSSR count). The molecule has 0 saturated carbocycles. The van der Waals surface area contributed by atoms with E-state index in [0.29, 0.717) is 22.1 Å². The fraction of sp³-hybridized carbons (Fsp3) is 0.167. The third-order valence-electron chi connectivity index (χ3n) is 4.09. The number of benzene rings is 2. The van der Waals surface area contributed by atoms with E-state index >= 15 is 0 Å². The standard InChI is InChI=1S/C18H15F3N4O3S/c1-11-3-8-14(29(2,27)28)9-15(11)17(26)23-12-4-6-13(7-5-12)25-16(10-22-24-25)18(19,20)21/h3-10H,1-2H3,(H,23,26). The maximum atomic E-state index is 13.0. The Labute approximate surface area is 164 Å². The highest BCUT2D eigenvalue weighted by Gasteiger charge is 2.36. The van der Waals surface area contributed by atoms with Crippen LogP contribution in [0.15, 0.2) is 53.6 Å². The van der Waals surface area contributed by atoms with E-state index < -0.39 is 27.6 Å². The number of hydrogen-bond donors (Lipinski definition) is 1. The number of nitrogens with zero attached hydrogens (tertiary/aromatic N) is 3. The number of rotatable bonds is 4. The normalized spacial score (nSPS) is 12.0. The van der Waals surface area contributed by atoms with Crippen LogP contribution in [0.1, 0.15) is 21.6 Å². The van der Waals surface area contributed by atoms with Crippen molar-refractivity contribution in [3.63, 3.8) is 0 Å². The number of alkyl halides is 3. The molecule has 1 heterocycles. The molecule has 0 aliphatic heterocycles. The second-order valence-corrected chi connectivity index (χ2v) is 8.29. The average Bonchev–Trinajstić information content (AvgIpc) is 3.12. The van der Waals surface area contributed by atoms with Crippen LogP contribution in [-0.2, 0) is 16.0 Å². The van der Waals surface area contributed by atoms with Crippen LogP contribution < -0.4 is 5.32 Å². The molecule has 3 aromatic rings. The maximum absolute atomic E-state index is 13.0. The van der Waals surface area contributed by atoms with Crippen molar-refractivity contribution in [2.24, 2.45) is 0 Å². The molecule has 0 bridgehead atoms. The molecule has 0 spiro atoms. The molecule has 1 amide bonds. The Morgan fingerprint density at radius 2 is 1.76 bits per heavy atom. The summed E-state index contributed by atoms with van der Waals surface area (Å²) in [5, 5.41) is 9.32. The lowest BCUT2D eigenvalue weighted by molar-refractivity contribution is -0.142. The summed E-state index contributed by atoms with van der Waals surface area (Å²) in [6, 6.07) is 9.72. The zero-order chi connectivity index (χ0) is 21.4. The van der Waals surface area contributed by atoms with E-state index in [1.165, 1.54) is 42.5 Å². The van der Waals surface area contributed by atoms with Crippen molar-refractivity contribution in [3.8, 4) is 5.69 Å². The SMILES string of the molecule is Cc1ccc(S(C)(=O)=O)cc1C(=O)Nc1ccc(-n2nncc2C(F)(F)F)cc1. The first-order chi connectivity index (χ1) is 13.5. The lowest BCUT2D eigenvalue weighted by Gasteiger charge is -2.11. The fourth-order valence-corrected chi connectivity index (χ4v) is 3.23. The predicted octanol–water partition coefficient (Wildman–Crippen LogP) is 3.25. The molecule has 0 atom stereocenters. The van der Waals surface area contributed by atoms with Gasteiger partial charge in [-0.15, -0.1) is 5.10 Å². The average molecular weight is 424 g/mol. The summed E-state index contributed by atoms with van der Waals surface area (Å²) in [5.41, 5.74) is 0.152. The van der Waals surface area contributed by atoms with Crippen molar-refractivity contribution in [2.45, 2.75) is 18.0 Å². The molecule has 0 unspecified atom stereocenters. The van der Waals surface area contributed by atoms with E-state index in [4.69, 9.17) is 0 Å². The number of carbonyl (C=O) groups excluding carboxylic acids is 1. The fourth-order valence-electron chi connectivity index (χ4n) is 2.58. The van der Waals surface area contributed by atoms with Crippen molar-refractivity contribution in [1.29, 1.82) is 0 Å². The minimum absolute atomic E-state index is 0.00876. The highest BCUT2D eigenvalue weighted by Crippen LogP contribution is 2.30. The van der Waals surface area contributed by atoms with Gasteiger partial charge < -0.3 is 5.32 Å². The monoisotopic (exact) mass is 424 g/mol. The van der Waals surface area contributed by atoms with Crippen LogP contribution in [0.25, 0.3) is 5.69 Å². The molecular formula is C18H15F3N4O3S. The van der Waals surface area contributed by atoms with Gasteiger partial charge in [0.05, 0.1) is 16.8 Å². The summed E-state index contributed by atoms with van der Waals surface area (Å²) in [6.07, 6.45) is -2.96. The summed E-state index contributed by atoms with van der Waals surface area (Å²) >= 11 is 0. The third kappa shape index (κ3) is 4.45. The Balaban J connectivity index is 1.84. The number of anilines is 1. The maximum Gasteiger partial charge on any atom is 0.435 e. The molecule has 11 heteroatoms. The Kier molecular flexibility index (Phi) is 5.18. The quantitative estimate of drug-likeness (QED) is 0.694. The minimum Gasteiger partial charge on any atom is -0.322 e. The Hall–Kier alpha value is -3.21. The van der Waals surface area contributed by atoms with Gasteiger partial charge in [0.1, 0.15) is 0 Å². The number of halogens is 3. The molecule has 0 radical (unpaired) electrons. The molecule has 0 aliphatic rings. The number of nitrogens with one attached hydrogen (secondary N) is 1. The van der Waals surface area contributed by atoms with Gasteiger partial charge in [-0.25, -0.2) is 13.1 Å². The van der Waals surface area contributed by atoms with Crippen molar-refractivity contribution in [1.82, 2.24) is 15.0 Å². The van der Waals surface area contributed by atoms with Gasteiger partial charge >= 0.3 is 6.18 Å². The van der Waals surface area contributed by atoms with E-state index in [0.717, 1.165) is 6.26 Å². The predicted molar refractivity (Wildman–Crippen MR) is 98.6 cm³/mol. The lowest BCUT2D eigenvalue weighted by atomic mass is 10.1. The Bertz CT molecular complexity index is 1170. The van der Waals surface area contributed by atoms with Crippen LogP contribution in [0.3, 0.4) is 0 Å². The number of carbonyl (C=O) groups is 1. The number of aromatic nitrogens is 3. The van der Waals surface area contributed by atoms with Gasteiger partial charge in [0, 0.05) is 17.5 Å². The largest absolute Gasteiger partial charge is 0.435 e. The van der Waals surface area contributed by atoms with Gasteiger partial charge in [-0.3, -0.25) is 4.79 Å². The topological polar surface area (TPSA) is 94.0 Å². The molecule has 0 saturated heterocycles. The molecule has 1 N–H and O–H groups in total. The second-order valence-electron chi connectivity index (χ2n) is 6.28. The van der Waals surface area contributed by atoms with Crippen LogP contribution in [-0.4, -0.2) is 35.6 Å². The molecule has 29 heavy (non-hydrogen) atoms. The van der Waals surface area contributed by atoms with E-state index in [2.05, 4.69) is 15.6 Å². The first-order valence-electron chi connectivity index (χ1n) is 8.17. The van der Waals surface area contributed by atoms with Gasteiger partial charge in [-0.05, 0) is 48.9 Å². The van der Waals surface area contributed by atoms with E-state index in [1.54, 1.807) is 6.92 Å². The minimum atomic E-state index is -4.61. The van der Waals surface area contributed by atoms with Crippen LogP contribution in [0.2, 0.25) is 0 Å². The summed E-state index contributed by atoms with van der Waals surface area (Å²) in [6.45, 7) is 1.66. The number of amides is 1. The molecule has 1 aromatic heterocycles. The van der Waals surface area contributed by atoms with Crippen molar-refractivity contribution < 1.29 is 26.4 Å². The number of sulfone groups is 1. The highest BCUT2D eigenvalue weighted by atomic mass is 32.2. The third-order valence-corrected chi connectivity index (χ3v) is 5.20. The number of hydrogen-bond acceptors (Lipinski definition) is 5. The van der Waals surface area contributed by atoms with Crippen LogP contribution in [0, 0.1) is 6.92 Å². The second kappa shape index (κ2) is 7.32. The van der Waals surface area contributed by atoms with Gasteiger partial charge in [0.25, 0.3) is 5.91 Å². The zero-order valence-corrected chi connectivity index (χ0v) is 16.0. The van der Waals surface area contributed by atoms with Gasteiger partial charge in [0.15, 0.2) is 15.5 Å². The van der Waals surface area contributed by atoms with Crippen molar-refractivity contribution >= 4 is 21.4 Å². The molecule has 152 valence electrons. The summed E-state index contributed by atoms with van der Waals surface area (Å²) in [5.74, 6) is -0.544. The van der Waals surface area contributed by atoms with Crippen molar-refractivity contribution in [2.75, 3.05) is 11.6 Å². The van der Waals surface area contributed by atoms with E-state index in [9.17, 15) is 26.4 Å². The van der Waals surface area contributed by atoms with Crippen LogP contribution >= 0.6 is 0 Å². The Morgan fingerprint density at radius 3 is 2.34 bits per heavy atom. The summed E-state index contributed by atoms with van der Waals surface area (Å²) < 4.78 is 62.9. The van der Waals surface area contributed by atoms with Gasteiger partial charge in [-0.1, -0.05) is 11.3 Å². The van der Waals surface area contributed by atoms with Gasteiger partial charge in [-0.2, -0.15) is 13.2 Å². The van der Waals surface area contributed by atoms with E-state index in [1.807, 2.05) is 0 Å². The zero-order valence-electron chi connectivity index (χ0n) is 15.2. The summed E-state index contributed by atoms with van der Waals surface area (Å²) in [7, 11) is -3.48. The highest BCUT2D eigenvalue weighted by molar-refractivity contribution is 7.90. The van der Waals surface area contributed by atoms with Crippen molar-refractivity contribution in [3.05, 3.63) is 65.5 Å². The molecular weight excluding hydrogens is 409 g/mol. The lowest BCUT2D eigenvalue weighted by Crippen LogP contribution is -2.15. The number of aryl methyl sites for hydroxylation is 1. The van der Waals surface area contributed by atoms with Crippen LogP contribution in [0.4, 0.5) is 18.9 Å². The van der Waals surface area contributed by atoms with E-state index in [-0.39, 0.29) is 16.1 Å². The summed E-state index contributed by atoms with van der Waals surface area (Å²) in [4.78, 5) is 12.5. The first-order valence-corrected chi connectivity index (χ1v) is 10.1. The Morgan fingerprint density at radius 1 is 1.10 bits per heavy atom. The molecule has 7 nitrogen and oxygen atoms in total. The van der Waals surface area contributed by atoms with Crippen LogP contribution in [0.5, 0.6) is 0 Å².